The average Bonchev–Trinajstić information content (AvgIpc) is 3.66. The Labute approximate surface area is 207 Å². The van der Waals surface area contributed by atoms with Crippen LogP contribution >= 0.6 is 11.3 Å². The van der Waals surface area contributed by atoms with Gasteiger partial charge in [0.2, 0.25) is 5.91 Å². The number of fused-ring (bicyclic) bond motifs is 3. The molecule has 3 aromatic rings. The third-order valence-corrected chi connectivity index (χ3v) is 8.75. The number of anilines is 1. The molecule has 3 aromatic heterocycles. The molecule has 2 fully saturated rings. The van der Waals surface area contributed by atoms with E-state index in [0.29, 0.717) is 23.2 Å². The summed E-state index contributed by atoms with van der Waals surface area (Å²) in [6, 6.07) is 7.11. The van der Waals surface area contributed by atoms with Crippen molar-refractivity contribution in [2.45, 2.75) is 44.3 Å². The summed E-state index contributed by atoms with van der Waals surface area (Å²) in [7, 11) is 0. The lowest BCUT2D eigenvalue weighted by Crippen LogP contribution is -2.47. The molecule has 6 rings (SSSR count). The largest absolute Gasteiger partial charge is 0.396 e. The lowest BCUT2D eigenvalue weighted by atomic mass is 9.88. The Kier molecular flexibility index (Phi) is 5.99. The smallest absolute Gasteiger partial charge is 0.258 e. The number of nitrogens with one attached hydrogen (secondary N) is 1. The van der Waals surface area contributed by atoms with Crippen LogP contribution in [0, 0.1) is 17.8 Å². The third-order valence-electron chi connectivity index (χ3n) is 8.06. The Hall–Kier alpha value is -2.88. The summed E-state index contributed by atoms with van der Waals surface area (Å²) in [6.45, 7) is 1.21. The van der Waals surface area contributed by atoms with Crippen molar-refractivity contribution in [3.05, 3.63) is 64.3 Å². The standard InChI is InChI=1S/C26H29N5O3S/c32-15-20-19-14-30-21(6-5-18(25(30)34)17-7-9-27-10-8-17)22(19)31(13-16-3-1-2-4-16)23(20)24(33)29-26-28-11-12-35-26/h5-12,16,19-20,22-23,32H,1-4,13-15H2,(H,28,29,33)/t19-,20-,22+,23-/m0/s1. The predicted molar refractivity (Wildman–Crippen MR) is 134 cm³/mol. The molecule has 8 nitrogen and oxygen atoms in total. The van der Waals surface area contributed by atoms with Crippen molar-refractivity contribution in [3.63, 3.8) is 0 Å². The minimum atomic E-state index is -0.455. The number of carbonyl (C=O) groups is 1. The highest BCUT2D eigenvalue weighted by atomic mass is 32.1. The maximum absolute atomic E-state index is 13.5. The number of amides is 1. The molecule has 0 radical (unpaired) electrons. The quantitative estimate of drug-likeness (QED) is 0.550. The molecular formula is C26H29N5O3S. The van der Waals surface area contributed by atoms with Crippen LogP contribution in [-0.2, 0) is 11.3 Å². The number of rotatable bonds is 6. The molecule has 182 valence electrons. The molecule has 4 atom stereocenters. The SMILES string of the molecule is O=C(Nc1nccs1)[C@@H]1[C@@H](CO)[C@@H]2Cn3c(ccc(-c4ccncc4)c3=O)[C@@H]2N1CC1CCCC1. The first-order chi connectivity index (χ1) is 17.2. The fraction of sp³-hybridized carbons (Fsp3) is 0.462. The van der Waals surface area contributed by atoms with Crippen molar-refractivity contribution < 1.29 is 9.90 Å². The number of aliphatic hydroxyl groups is 1. The van der Waals surface area contributed by atoms with Gasteiger partial charge in [0.15, 0.2) is 5.13 Å². The second-order valence-corrected chi connectivity index (χ2v) is 10.8. The van der Waals surface area contributed by atoms with Crippen LogP contribution in [0.15, 0.2) is 53.0 Å². The fourth-order valence-electron chi connectivity index (χ4n) is 6.52. The number of hydrogen-bond donors (Lipinski definition) is 2. The Balaban J connectivity index is 1.39. The molecule has 5 heterocycles. The van der Waals surface area contributed by atoms with Crippen LogP contribution in [0.2, 0.25) is 0 Å². The van der Waals surface area contributed by atoms with Crippen molar-refractivity contribution in [2.75, 3.05) is 18.5 Å². The first-order valence-electron chi connectivity index (χ1n) is 12.4. The van der Waals surface area contributed by atoms with Gasteiger partial charge in [-0.3, -0.25) is 19.5 Å². The zero-order valence-corrected chi connectivity index (χ0v) is 20.2. The number of thiazole rings is 1. The maximum Gasteiger partial charge on any atom is 0.258 e. The summed E-state index contributed by atoms with van der Waals surface area (Å²) >= 11 is 1.39. The monoisotopic (exact) mass is 491 g/mol. The zero-order chi connectivity index (χ0) is 23.9. The van der Waals surface area contributed by atoms with Crippen LogP contribution in [0.3, 0.4) is 0 Å². The molecule has 1 saturated carbocycles. The number of aromatic nitrogens is 3. The van der Waals surface area contributed by atoms with Crippen LogP contribution in [-0.4, -0.2) is 49.6 Å². The number of carbonyl (C=O) groups excluding carboxylic acids is 1. The van der Waals surface area contributed by atoms with Gasteiger partial charge in [-0.05, 0) is 48.6 Å². The van der Waals surface area contributed by atoms with E-state index in [-0.39, 0.29) is 36.0 Å². The Morgan fingerprint density at radius 3 is 2.66 bits per heavy atom. The summed E-state index contributed by atoms with van der Waals surface area (Å²) in [5, 5.41) is 15.9. The highest BCUT2D eigenvalue weighted by molar-refractivity contribution is 7.13. The van der Waals surface area contributed by atoms with Gasteiger partial charge in [0.1, 0.15) is 0 Å². The number of nitrogens with zero attached hydrogens (tertiary/aromatic N) is 4. The molecule has 9 heteroatoms. The minimum absolute atomic E-state index is 0.00571. The van der Waals surface area contributed by atoms with Crippen molar-refractivity contribution in [1.82, 2.24) is 19.4 Å². The second kappa shape index (κ2) is 9.29. The van der Waals surface area contributed by atoms with Crippen LogP contribution in [0.25, 0.3) is 11.1 Å². The molecule has 0 bridgehead atoms. The van der Waals surface area contributed by atoms with E-state index in [9.17, 15) is 14.7 Å². The van der Waals surface area contributed by atoms with Gasteiger partial charge in [-0.15, -0.1) is 11.3 Å². The van der Waals surface area contributed by atoms with Gasteiger partial charge in [0.05, 0.1) is 12.1 Å². The number of likely N-dealkylation sites (tertiary alicyclic amines) is 1. The molecule has 1 saturated heterocycles. The molecule has 2 aliphatic heterocycles. The van der Waals surface area contributed by atoms with Gasteiger partial charge >= 0.3 is 0 Å². The first kappa shape index (κ1) is 22.6. The Morgan fingerprint density at radius 2 is 1.94 bits per heavy atom. The van der Waals surface area contributed by atoms with E-state index in [1.165, 1.54) is 24.2 Å². The summed E-state index contributed by atoms with van der Waals surface area (Å²) in [4.78, 5) is 37.7. The summed E-state index contributed by atoms with van der Waals surface area (Å²) < 4.78 is 1.87. The molecular weight excluding hydrogens is 462 g/mol. The first-order valence-corrected chi connectivity index (χ1v) is 13.2. The van der Waals surface area contributed by atoms with E-state index in [1.54, 1.807) is 18.6 Å². The fourth-order valence-corrected chi connectivity index (χ4v) is 7.05. The molecule has 35 heavy (non-hydrogen) atoms. The molecule has 2 N–H and O–H groups in total. The number of pyridine rings is 2. The van der Waals surface area contributed by atoms with E-state index >= 15 is 0 Å². The predicted octanol–water partition coefficient (Wildman–Crippen LogP) is 3.16. The van der Waals surface area contributed by atoms with E-state index in [1.807, 2.05) is 34.2 Å². The average molecular weight is 492 g/mol. The highest BCUT2D eigenvalue weighted by Gasteiger charge is 2.56. The molecule has 0 aromatic carbocycles. The molecule has 1 amide bonds. The third kappa shape index (κ3) is 3.91. The van der Waals surface area contributed by atoms with Gasteiger partial charge in [-0.2, -0.15) is 0 Å². The number of hydrogen-bond acceptors (Lipinski definition) is 7. The van der Waals surface area contributed by atoms with Gasteiger partial charge in [0.25, 0.3) is 5.56 Å². The highest BCUT2D eigenvalue weighted by Crippen LogP contribution is 2.50. The van der Waals surface area contributed by atoms with E-state index in [2.05, 4.69) is 20.2 Å². The molecule has 3 aliphatic rings. The maximum atomic E-state index is 13.5. The molecule has 0 unspecified atom stereocenters. The van der Waals surface area contributed by atoms with Gasteiger partial charge in [-0.25, -0.2) is 4.98 Å². The second-order valence-electron chi connectivity index (χ2n) is 9.90. The lowest BCUT2D eigenvalue weighted by molar-refractivity contribution is -0.122. The van der Waals surface area contributed by atoms with Crippen molar-refractivity contribution in [2.24, 2.45) is 17.8 Å². The zero-order valence-electron chi connectivity index (χ0n) is 19.4. The van der Waals surface area contributed by atoms with E-state index < -0.39 is 6.04 Å². The normalized spacial score (nSPS) is 26.1. The minimum Gasteiger partial charge on any atom is -0.396 e. The van der Waals surface area contributed by atoms with Crippen LogP contribution in [0.5, 0.6) is 0 Å². The van der Waals surface area contributed by atoms with E-state index in [4.69, 9.17) is 0 Å². The Morgan fingerprint density at radius 1 is 1.14 bits per heavy atom. The summed E-state index contributed by atoms with van der Waals surface area (Å²) in [5.41, 5.74) is 2.42. The molecule has 1 aliphatic carbocycles. The molecule has 0 spiro atoms. The Bertz CT molecular complexity index is 1260. The summed E-state index contributed by atoms with van der Waals surface area (Å²) in [6.07, 6.45) is 9.82. The van der Waals surface area contributed by atoms with E-state index in [0.717, 1.165) is 30.6 Å². The van der Waals surface area contributed by atoms with Crippen molar-refractivity contribution in [1.29, 1.82) is 0 Å². The topological polar surface area (TPSA) is 100 Å². The lowest BCUT2D eigenvalue weighted by Gasteiger charge is -2.32. The van der Waals surface area contributed by atoms with Gasteiger partial charge in [-0.1, -0.05) is 12.8 Å². The van der Waals surface area contributed by atoms with Crippen molar-refractivity contribution >= 4 is 22.4 Å². The van der Waals surface area contributed by atoms with Crippen LogP contribution in [0.1, 0.15) is 37.4 Å². The van der Waals surface area contributed by atoms with Gasteiger partial charge < -0.3 is 15.0 Å². The van der Waals surface area contributed by atoms with Gasteiger partial charge in [0, 0.05) is 66.8 Å². The van der Waals surface area contributed by atoms with Crippen LogP contribution < -0.4 is 10.9 Å². The summed E-state index contributed by atoms with van der Waals surface area (Å²) in [5.74, 6) is 0.146. The number of aliphatic hydroxyl groups excluding tert-OH is 1. The van der Waals surface area contributed by atoms with Crippen LogP contribution in [0.4, 0.5) is 5.13 Å². The van der Waals surface area contributed by atoms with Crippen molar-refractivity contribution in [3.8, 4) is 11.1 Å².